The topological polar surface area (TPSA) is 139 Å². The molecule has 2 saturated heterocycles. The van der Waals surface area contributed by atoms with Gasteiger partial charge < -0.3 is 39.8 Å². The summed E-state index contributed by atoms with van der Waals surface area (Å²) in [5.41, 5.74) is 2.91. The van der Waals surface area contributed by atoms with Crippen LogP contribution in [0.2, 0.25) is 0 Å². The molecule has 11 nitrogen and oxygen atoms in total. The molecule has 2 aromatic rings. The van der Waals surface area contributed by atoms with Crippen molar-refractivity contribution in [3.05, 3.63) is 71.3 Å². The van der Waals surface area contributed by atoms with E-state index in [1.54, 1.807) is 0 Å². The fraction of sp³-hybridized carbons (Fsp3) is 0.610. The monoisotopic (exact) mass is 719 g/mol. The third kappa shape index (κ3) is 11.3. The van der Waals surface area contributed by atoms with Gasteiger partial charge in [0.1, 0.15) is 18.5 Å². The van der Waals surface area contributed by atoms with Gasteiger partial charge in [-0.3, -0.25) is 9.69 Å². The molecule has 2 aliphatic carbocycles. The zero-order chi connectivity index (χ0) is 36.1. The minimum absolute atomic E-state index is 0.140. The first kappa shape index (κ1) is 38.3. The molecule has 11 heteroatoms. The van der Waals surface area contributed by atoms with Crippen LogP contribution in [0.1, 0.15) is 80.5 Å². The predicted molar refractivity (Wildman–Crippen MR) is 198 cm³/mol. The van der Waals surface area contributed by atoms with Crippen LogP contribution in [0, 0.1) is 11.8 Å². The van der Waals surface area contributed by atoms with Crippen LogP contribution in [0.5, 0.6) is 5.75 Å². The molecule has 1 saturated carbocycles. The lowest BCUT2D eigenvalue weighted by atomic mass is 9.82. The van der Waals surface area contributed by atoms with E-state index in [1.807, 2.05) is 60.7 Å². The highest BCUT2D eigenvalue weighted by Crippen LogP contribution is 2.33. The summed E-state index contributed by atoms with van der Waals surface area (Å²) in [7, 11) is 0. The number of carbonyl (C=O) groups is 2. The van der Waals surface area contributed by atoms with Crippen molar-refractivity contribution < 1.29 is 38.7 Å². The highest BCUT2D eigenvalue weighted by atomic mass is 16.6. The average molecular weight is 720 g/mol. The van der Waals surface area contributed by atoms with E-state index in [0.717, 1.165) is 81.0 Å². The van der Waals surface area contributed by atoms with Gasteiger partial charge in [0.05, 0.1) is 50.7 Å². The van der Waals surface area contributed by atoms with Crippen molar-refractivity contribution in [2.24, 2.45) is 11.8 Å². The van der Waals surface area contributed by atoms with Gasteiger partial charge in [-0.2, -0.15) is 0 Å². The Morgan fingerprint density at radius 2 is 1.77 bits per heavy atom. The Bertz CT molecular complexity index is 1440. The maximum Gasteiger partial charge on any atom is 0.407 e. The fourth-order valence-corrected chi connectivity index (χ4v) is 7.98. The molecule has 0 spiro atoms. The molecule has 2 heterocycles. The van der Waals surface area contributed by atoms with Gasteiger partial charge in [0.2, 0.25) is 5.91 Å². The molecule has 4 aliphatic rings. The number of amides is 2. The first-order valence-corrected chi connectivity index (χ1v) is 19.4. The number of fused-ring (bicyclic) bond motifs is 1. The van der Waals surface area contributed by atoms with Crippen LogP contribution in [-0.4, -0.2) is 104 Å². The van der Waals surface area contributed by atoms with E-state index in [1.165, 1.54) is 6.42 Å². The number of alkyl carbamates (subject to hydrolysis) is 1. The number of ether oxygens (including phenoxy) is 4. The lowest BCUT2D eigenvalue weighted by molar-refractivity contribution is -0.127. The lowest BCUT2D eigenvalue weighted by Crippen LogP contribution is -2.47. The minimum Gasteiger partial charge on any atom is -0.492 e. The minimum atomic E-state index is -0.979. The molecular weight excluding hydrogens is 662 g/mol. The molecule has 0 radical (unpaired) electrons. The summed E-state index contributed by atoms with van der Waals surface area (Å²) >= 11 is 0. The Balaban J connectivity index is 1.11. The molecule has 4 unspecified atom stereocenters. The number of rotatable bonds is 16. The Kier molecular flexibility index (Phi) is 14.4. The van der Waals surface area contributed by atoms with Crippen LogP contribution in [0.3, 0.4) is 0 Å². The van der Waals surface area contributed by atoms with Crippen molar-refractivity contribution in [3.8, 4) is 5.75 Å². The van der Waals surface area contributed by atoms with Crippen LogP contribution in [-0.2, 0) is 25.4 Å². The molecule has 52 heavy (non-hydrogen) atoms. The van der Waals surface area contributed by atoms with Gasteiger partial charge in [-0.15, -0.1) is 0 Å². The summed E-state index contributed by atoms with van der Waals surface area (Å²) in [6.07, 6.45) is 9.22. The van der Waals surface area contributed by atoms with Crippen molar-refractivity contribution in [1.29, 1.82) is 0 Å². The summed E-state index contributed by atoms with van der Waals surface area (Å²) in [5.74, 6) is 0.336. The third-order valence-electron chi connectivity index (χ3n) is 11.0. The molecule has 2 amide bonds. The molecule has 2 aliphatic heterocycles. The number of hydrogen-bond donors (Lipinski definition) is 4. The molecule has 0 bridgehead atoms. The van der Waals surface area contributed by atoms with Gasteiger partial charge in [-0.1, -0.05) is 80.7 Å². The molecule has 0 aromatic heterocycles. The molecule has 284 valence electrons. The van der Waals surface area contributed by atoms with Crippen LogP contribution in [0.25, 0.3) is 6.08 Å². The van der Waals surface area contributed by atoms with Gasteiger partial charge in [0.25, 0.3) is 0 Å². The molecule has 4 N–H and O–H groups in total. The van der Waals surface area contributed by atoms with E-state index in [9.17, 15) is 19.8 Å². The standard InChI is InChI=1S/C41H57N3O8/c45-37(36(25-30-7-2-1-3-8-30)42-41(48)52-34-17-21-50-28-34)27-32(40(47)43-39-35-12-5-4-10-31(35)26-38(39)46)11-6-9-29-13-15-33(16-14-29)51-24-20-44-18-22-49-23-19-44/h4-6,9-10,12-16,30,32,34,36-39,45-46H,1-3,7-8,11,17-28H2,(H,42,48)(H,43,47)/b9-6+/t32?,34?,36?,37?,38-,39-/m0/s1. The van der Waals surface area contributed by atoms with Crippen LogP contribution < -0.4 is 15.4 Å². The Labute approximate surface area is 308 Å². The largest absolute Gasteiger partial charge is 0.492 e. The number of nitrogens with zero attached hydrogens (tertiary/aromatic N) is 1. The second-order valence-corrected chi connectivity index (χ2v) is 14.8. The van der Waals surface area contributed by atoms with Gasteiger partial charge in [0.15, 0.2) is 0 Å². The summed E-state index contributed by atoms with van der Waals surface area (Å²) in [5, 5.41) is 28.8. The van der Waals surface area contributed by atoms with E-state index < -0.39 is 36.3 Å². The number of aliphatic hydroxyl groups is 2. The van der Waals surface area contributed by atoms with E-state index in [-0.39, 0.29) is 18.4 Å². The first-order chi connectivity index (χ1) is 25.4. The van der Waals surface area contributed by atoms with Gasteiger partial charge >= 0.3 is 6.09 Å². The third-order valence-corrected chi connectivity index (χ3v) is 11.0. The Hall–Kier alpha value is -3.48. The first-order valence-electron chi connectivity index (χ1n) is 19.4. The normalized spacial score (nSPS) is 24.2. The van der Waals surface area contributed by atoms with Gasteiger partial charge in [-0.05, 0) is 54.0 Å². The quantitative estimate of drug-likeness (QED) is 0.193. The SMILES string of the molecule is O=C(NC(CC1CCCCC1)C(O)CC(C/C=C/c1ccc(OCCN2CCOCC2)cc1)C(=O)N[C@H]1c2ccccc2C[C@@H]1O)OC1CCOC1. The number of aliphatic hydroxyl groups excluding tert-OH is 2. The number of carbonyl (C=O) groups excluding carboxylic acids is 2. The highest BCUT2D eigenvalue weighted by Gasteiger charge is 2.36. The number of allylic oxidation sites excluding steroid dienone is 1. The summed E-state index contributed by atoms with van der Waals surface area (Å²) in [4.78, 5) is 29.4. The van der Waals surface area contributed by atoms with Crippen molar-refractivity contribution >= 4 is 18.1 Å². The van der Waals surface area contributed by atoms with Crippen LogP contribution >= 0.6 is 0 Å². The predicted octanol–water partition coefficient (Wildman–Crippen LogP) is 4.80. The number of benzene rings is 2. The zero-order valence-corrected chi connectivity index (χ0v) is 30.3. The van der Waals surface area contributed by atoms with Crippen LogP contribution in [0.4, 0.5) is 4.79 Å². The smallest absolute Gasteiger partial charge is 0.407 e. The van der Waals surface area contributed by atoms with E-state index >= 15 is 0 Å². The van der Waals surface area contributed by atoms with E-state index in [0.29, 0.717) is 51.4 Å². The average Bonchev–Trinajstić information content (AvgIpc) is 3.79. The Morgan fingerprint density at radius 1 is 0.981 bits per heavy atom. The van der Waals surface area contributed by atoms with Crippen LogP contribution in [0.15, 0.2) is 54.6 Å². The molecular formula is C41H57N3O8. The number of morpholine rings is 1. The second kappa shape index (κ2) is 19.6. The lowest BCUT2D eigenvalue weighted by Gasteiger charge is -2.32. The molecule has 3 fully saturated rings. The van der Waals surface area contributed by atoms with Crippen molar-refractivity contribution in [3.63, 3.8) is 0 Å². The molecule has 6 rings (SSSR count). The van der Waals surface area contributed by atoms with E-state index in [4.69, 9.17) is 18.9 Å². The fourth-order valence-electron chi connectivity index (χ4n) is 7.98. The molecule has 6 atom stereocenters. The number of nitrogens with one attached hydrogen (secondary N) is 2. The van der Waals surface area contributed by atoms with E-state index in [2.05, 4.69) is 15.5 Å². The van der Waals surface area contributed by atoms with Crippen molar-refractivity contribution in [2.75, 3.05) is 52.7 Å². The van der Waals surface area contributed by atoms with Gasteiger partial charge in [-0.25, -0.2) is 4.79 Å². The number of hydrogen-bond acceptors (Lipinski definition) is 9. The maximum atomic E-state index is 14.0. The summed E-state index contributed by atoms with van der Waals surface area (Å²) in [6, 6.07) is 14.6. The maximum absolute atomic E-state index is 14.0. The summed E-state index contributed by atoms with van der Waals surface area (Å²) in [6.45, 7) is 5.79. The Morgan fingerprint density at radius 3 is 2.54 bits per heavy atom. The van der Waals surface area contributed by atoms with Crippen molar-refractivity contribution in [1.82, 2.24) is 15.5 Å². The molecule has 2 aromatic carbocycles. The second-order valence-electron chi connectivity index (χ2n) is 14.8. The van der Waals surface area contributed by atoms with Crippen molar-refractivity contribution in [2.45, 2.75) is 94.6 Å². The highest BCUT2D eigenvalue weighted by molar-refractivity contribution is 5.80. The summed E-state index contributed by atoms with van der Waals surface area (Å²) < 4.78 is 22.4. The van der Waals surface area contributed by atoms with Gasteiger partial charge in [0, 0.05) is 38.4 Å². The zero-order valence-electron chi connectivity index (χ0n) is 30.3.